The molecular formula is C43H61NO6. The maximum absolute atomic E-state index is 13.5. The van der Waals surface area contributed by atoms with Gasteiger partial charge in [-0.15, -0.1) is 0 Å². The van der Waals surface area contributed by atoms with Crippen molar-refractivity contribution in [3.8, 4) is 11.5 Å². The van der Waals surface area contributed by atoms with Gasteiger partial charge in [-0.25, -0.2) is 0 Å². The average molecular weight is 688 g/mol. The molecule has 7 nitrogen and oxygen atoms in total. The Morgan fingerprint density at radius 1 is 0.660 bits per heavy atom. The lowest BCUT2D eigenvalue weighted by molar-refractivity contribution is -0.134. The molecule has 3 aromatic rings. The normalized spacial score (nSPS) is 16.1. The Bertz CT molecular complexity index is 1300. The van der Waals surface area contributed by atoms with Gasteiger partial charge < -0.3 is 29.0 Å². The number of aliphatic hydroxyl groups excluding tert-OH is 1. The SMILES string of the molecule is COCCCCCCCCCCCCCCCC(=O)N1C[C@H](O)C[C@H]1COC(c1ccccc1)(c1ccc(OC)cc1)c1ccc(OC)cc1. The molecule has 1 aliphatic rings. The second-order valence-corrected chi connectivity index (χ2v) is 13.7. The van der Waals surface area contributed by atoms with Crippen LogP contribution in [0.4, 0.5) is 0 Å². The molecule has 3 aromatic carbocycles. The second kappa shape index (κ2) is 21.7. The van der Waals surface area contributed by atoms with Gasteiger partial charge in [0.1, 0.15) is 17.1 Å². The summed E-state index contributed by atoms with van der Waals surface area (Å²) in [6.07, 6.45) is 16.6. The number of β-amino-alcohol motifs (C(OH)–C–C–N with tert-alkyl or cyclic N) is 1. The van der Waals surface area contributed by atoms with Crippen LogP contribution in [-0.4, -0.2) is 69.1 Å². The van der Waals surface area contributed by atoms with Crippen LogP contribution in [0.2, 0.25) is 0 Å². The van der Waals surface area contributed by atoms with Gasteiger partial charge in [-0.05, 0) is 60.2 Å². The molecule has 1 amide bonds. The van der Waals surface area contributed by atoms with E-state index in [4.69, 9.17) is 18.9 Å². The Labute approximate surface area is 301 Å². The number of aliphatic hydroxyl groups is 1. The minimum absolute atomic E-state index is 0.108. The van der Waals surface area contributed by atoms with Crippen molar-refractivity contribution in [1.82, 2.24) is 4.90 Å². The monoisotopic (exact) mass is 687 g/mol. The van der Waals surface area contributed by atoms with Gasteiger partial charge in [0.15, 0.2) is 0 Å². The molecule has 274 valence electrons. The van der Waals surface area contributed by atoms with Gasteiger partial charge in [-0.1, -0.05) is 125 Å². The molecule has 0 spiro atoms. The fraction of sp³-hybridized carbons (Fsp3) is 0.558. The molecular weight excluding hydrogens is 626 g/mol. The zero-order chi connectivity index (χ0) is 35.4. The molecule has 2 atom stereocenters. The third-order valence-corrected chi connectivity index (χ3v) is 10.1. The molecule has 0 unspecified atom stereocenters. The molecule has 0 aliphatic carbocycles. The molecule has 1 heterocycles. The highest BCUT2D eigenvalue weighted by atomic mass is 16.5. The quantitative estimate of drug-likeness (QED) is 0.0748. The Hall–Kier alpha value is -3.39. The largest absolute Gasteiger partial charge is 0.497 e. The lowest BCUT2D eigenvalue weighted by Crippen LogP contribution is -2.42. The summed E-state index contributed by atoms with van der Waals surface area (Å²) in [6, 6.07) is 25.9. The lowest BCUT2D eigenvalue weighted by atomic mass is 9.80. The van der Waals surface area contributed by atoms with Gasteiger partial charge >= 0.3 is 0 Å². The summed E-state index contributed by atoms with van der Waals surface area (Å²) >= 11 is 0. The highest BCUT2D eigenvalue weighted by molar-refractivity contribution is 5.77. The number of hydrogen-bond acceptors (Lipinski definition) is 6. The van der Waals surface area contributed by atoms with E-state index in [0.29, 0.717) is 19.4 Å². The van der Waals surface area contributed by atoms with Gasteiger partial charge in [-0.3, -0.25) is 4.79 Å². The lowest BCUT2D eigenvalue weighted by Gasteiger charge is -2.38. The molecule has 1 saturated heterocycles. The van der Waals surface area contributed by atoms with Crippen LogP contribution >= 0.6 is 0 Å². The van der Waals surface area contributed by atoms with Gasteiger partial charge in [-0.2, -0.15) is 0 Å². The van der Waals surface area contributed by atoms with E-state index in [1.54, 1.807) is 21.3 Å². The van der Waals surface area contributed by atoms with E-state index in [1.807, 2.05) is 71.6 Å². The van der Waals surface area contributed by atoms with E-state index in [2.05, 4.69) is 12.1 Å². The molecule has 0 bridgehead atoms. The van der Waals surface area contributed by atoms with Crippen molar-refractivity contribution >= 4 is 5.91 Å². The van der Waals surface area contributed by atoms with Crippen LogP contribution in [0.25, 0.3) is 0 Å². The third-order valence-electron chi connectivity index (χ3n) is 10.1. The highest BCUT2D eigenvalue weighted by Gasteiger charge is 2.41. The summed E-state index contributed by atoms with van der Waals surface area (Å²) in [7, 11) is 5.10. The number of likely N-dealkylation sites (tertiary alicyclic amines) is 1. The molecule has 4 rings (SSSR count). The van der Waals surface area contributed by atoms with Gasteiger partial charge in [0.2, 0.25) is 5.91 Å². The van der Waals surface area contributed by atoms with E-state index in [9.17, 15) is 9.90 Å². The first kappa shape index (κ1) is 39.4. The number of amides is 1. The fourth-order valence-electron chi connectivity index (χ4n) is 7.26. The van der Waals surface area contributed by atoms with Crippen molar-refractivity contribution in [3.05, 3.63) is 95.6 Å². The molecule has 0 aromatic heterocycles. The third kappa shape index (κ3) is 11.6. The fourth-order valence-corrected chi connectivity index (χ4v) is 7.26. The molecule has 0 radical (unpaired) electrons. The summed E-state index contributed by atoms with van der Waals surface area (Å²) in [5.41, 5.74) is 1.90. The second-order valence-electron chi connectivity index (χ2n) is 13.7. The van der Waals surface area contributed by atoms with Gasteiger partial charge in [0, 0.05) is 26.7 Å². The minimum atomic E-state index is -0.966. The molecule has 50 heavy (non-hydrogen) atoms. The smallest absolute Gasteiger partial charge is 0.222 e. The Kier molecular flexibility index (Phi) is 17.1. The van der Waals surface area contributed by atoms with Crippen LogP contribution in [0.15, 0.2) is 78.9 Å². The number of benzene rings is 3. The van der Waals surface area contributed by atoms with Gasteiger partial charge in [0.05, 0.1) is 33.0 Å². The molecule has 1 aliphatic heterocycles. The summed E-state index contributed by atoms with van der Waals surface area (Å²) in [5.74, 6) is 1.63. The van der Waals surface area contributed by atoms with E-state index in [0.717, 1.165) is 47.6 Å². The Morgan fingerprint density at radius 2 is 1.12 bits per heavy atom. The van der Waals surface area contributed by atoms with Crippen molar-refractivity contribution in [1.29, 1.82) is 0 Å². The molecule has 1 N–H and O–H groups in total. The Balaban J connectivity index is 1.32. The maximum atomic E-state index is 13.5. The number of ether oxygens (including phenoxy) is 4. The van der Waals surface area contributed by atoms with Crippen LogP contribution in [0, 0.1) is 0 Å². The van der Waals surface area contributed by atoms with Crippen LogP contribution in [-0.2, 0) is 19.9 Å². The summed E-state index contributed by atoms with van der Waals surface area (Å²) in [5, 5.41) is 10.7. The van der Waals surface area contributed by atoms with E-state index < -0.39 is 11.7 Å². The predicted molar refractivity (Wildman–Crippen MR) is 201 cm³/mol. The predicted octanol–water partition coefficient (Wildman–Crippen LogP) is 9.08. The first-order valence-corrected chi connectivity index (χ1v) is 19.0. The van der Waals surface area contributed by atoms with Gasteiger partial charge in [0.25, 0.3) is 0 Å². The van der Waals surface area contributed by atoms with E-state index in [-0.39, 0.29) is 18.6 Å². The first-order chi connectivity index (χ1) is 24.5. The minimum Gasteiger partial charge on any atom is -0.497 e. The number of carbonyl (C=O) groups excluding carboxylic acids is 1. The molecule has 7 heteroatoms. The maximum Gasteiger partial charge on any atom is 0.222 e. The number of methoxy groups -OCH3 is 3. The van der Waals surface area contributed by atoms with Crippen molar-refractivity contribution in [2.45, 2.75) is 114 Å². The van der Waals surface area contributed by atoms with Crippen LogP contribution < -0.4 is 9.47 Å². The number of rotatable bonds is 24. The number of carbonyl (C=O) groups is 1. The highest BCUT2D eigenvalue weighted by Crippen LogP contribution is 2.42. The first-order valence-electron chi connectivity index (χ1n) is 19.0. The zero-order valence-electron chi connectivity index (χ0n) is 30.8. The van der Waals surface area contributed by atoms with Crippen molar-refractivity contribution in [2.75, 3.05) is 41.1 Å². The zero-order valence-corrected chi connectivity index (χ0v) is 30.8. The Morgan fingerprint density at radius 3 is 1.60 bits per heavy atom. The van der Waals surface area contributed by atoms with Crippen LogP contribution in [0.5, 0.6) is 11.5 Å². The van der Waals surface area contributed by atoms with Crippen molar-refractivity contribution in [2.24, 2.45) is 0 Å². The molecule has 1 fully saturated rings. The number of unbranched alkanes of at least 4 members (excludes halogenated alkanes) is 12. The topological polar surface area (TPSA) is 77.5 Å². The average Bonchev–Trinajstić information content (AvgIpc) is 3.54. The van der Waals surface area contributed by atoms with Crippen molar-refractivity contribution in [3.63, 3.8) is 0 Å². The number of nitrogens with zero attached hydrogens (tertiary/aromatic N) is 1. The summed E-state index contributed by atoms with van der Waals surface area (Å²) < 4.78 is 23.2. The summed E-state index contributed by atoms with van der Waals surface area (Å²) in [4.78, 5) is 15.4. The van der Waals surface area contributed by atoms with Crippen LogP contribution in [0.1, 0.15) is 113 Å². The molecule has 0 saturated carbocycles. The van der Waals surface area contributed by atoms with Crippen molar-refractivity contribution < 1.29 is 28.8 Å². The standard InChI is InChI=1S/C43H61NO6/c1-47-31-19-14-12-10-8-6-4-5-7-9-11-13-18-22-42(46)44-33-39(45)32-38(44)34-50-43(35-20-16-15-17-21-35,36-23-27-40(48-2)28-24-36)37-25-29-41(49-3)30-26-37/h15-17,20-21,23-30,38-39,45H,4-14,18-19,22,31-34H2,1-3H3/t38-,39+/m0/s1. The number of hydrogen-bond donors (Lipinski definition) is 1. The van der Waals surface area contributed by atoms with E-state index >= 15 is 0 Å². The van der Waals surface area contributed by atoms with Crippen LogP contribution in [0.3, 0.4) is 0 Å². The summed E-state index contributed by atoms with van der Waals surface area (Å²) in [6.45, 7) is 1.52. The van der Waals surface area contributed by atoms with E-state index in [1.165, 1.54) is 70.6 Å².